The van der Waals surface area contributed by atoms with Crippen molar-refractivity contribution in [3.63, 3.8) is 0 Å². The van der Waals surface area contributed by atoms with Crippen LogP contribution in [0.2, 0.25) is 0 Å². The first-order chi connectivity index (χ1) is 6.87. The standard InChI is InChI=1S/C9H14F3N3/c1-7(3-9(10,11)12)13-4-8-5-14-15(2)6-8/h5-7,13H,3-4H2,1-2H3. The Labute approximate surface area is 86.3 Å². The summed E-state index contributed by atoms with van der Waals surface area (Å²) in [5, 5.41) is 6.72. The molecule has 1 aromatic heterocycles. The molecule has 1 N–H and O–H groups in total. The number of hydrogen-bond acceptors (Lipinski definition) is 2. The van der Waals surface area contributed by atoms with Gasteiger partial charge in [0.05, 0.1) is 12.6 Å². The van der Waals surface area contributed by atoms with Crippen molar-refractivity contribution >= 4 is 0 Å². The molecule has 6 heteroatoms. The first-order valence-electron chi connectivity index (χ1n) is 4.64. The molecule has 0 saturated heterocycles. The minimum Gasteiger partial charge on any atom is -0.310 e. The first kappa shape index (κ1) is 12.0. The summed E-state index contributed by atoms with van der Waals surface area (Å²) in [6.45, 7) is 1.93. The number of alkyl halides is 3. The van der Waals surface area contributed by atoms with E-state index in [-0.39, 0.29) is 0 Å². The SMILES string of the molecule is CC(CC(F)(F)F)NCc1cnn(C)c1. The zero-order valence-corrected chi connectivity index (χ0v) is 8.67. The van der Waals surface area contributed by atoms with Gasteiger partial charge in [-0.15, -0.1) is 0 Å². The molecule has 0 aliphatic heterocycles. The summed E-state index contributed by atoms with van der Waals surface area (Å²) < 4.78 is 37.6. The third-order valence-electron chi connectivity index (χ3n) is 1.95. The second-order valence-corrected chi connectivity index (χ2v) is 3.62. The van der Waals surface area contributed by atoms with Crippen LogP contribution in [0, 0.1) is 0 Å². The molecular formula is C9H14F3N3. The van der Waals surface area contributed by atoms with E-state index >= 15 is 0 Å². The molecule has 1 aromatic rings. The number of aromatic nitrogens is 2. The first-order valence-corrected chi connectivity index (χ1v) is 4.64. The maximum absolute atomic E-state index is 12.0. The Morgan fingerprint density at radius 1 is 1.53 bits per heavy atom. The highest BCUT2D eigenvalue weighted by Gasteiger charge is 2.29. The molecule has 1 rings (SSSR count). The van der Waals surface area contributed by atoms with E-state index in [2.05, 4.69) is 10.4 Å². The monoisotopic (exact) mass is 221 g/mol. The lowest BCUT2D eigenvalue weighted by Gasteiger charge is -2.14. The molecule has 1 atom stereocenters. The highest BCUT2D eigenvalue weighted by molar-refractivity contribution is 5.02. The van der Waals surface area contributed by atoms with Gasteiger partial charge in [0.15, 0.2) is 0 Å². The molecular weight excluding hydrogens is 207 g/mol. The second kappa shape index (κ2) is 4.65. The molecule has 86 valence electrons. The van der Waals surface area contributed by atoms with Crippen LogP contribution in [0.25, 0.3) is 0 Å². The third-order valence-corrected chi connectivity index (χ3v) is 1.95. The van der Waals surface area contributed by atoms with Gasteiger partial charge in [0.25, 0.3) is 0 Å². The molecule has 0 aliphatic rings. The Morgan fingerprint density at radius 2 is 2.20 bits per heavy atom. The quantitative estimate of drug-likeness (QED) is 0.840. The van der Waals surface area contributed by atoms with Crippen LogP contribution in [0.5, 0.6) is 0 Å². The van der Waals surface area contributed by atoms with Crippen LogP contribution < -0.4 is 5.32 Å². The molecule has 0 radical (unpaired) electrons. The second-order valence-electron chi connectivity index (χ2n) is 3.62. The van der Waals surface area contributed by atoms with Crippen LogP contribution in [0.4, 0.5) is 13.2 Å². The number of hydrogen-bond donors (Lipinski definition) is 1. The fourth-order valence-corrected chi connectivity index (χ4v) is 1.27. The van der Waals surface area contributed by atoms with E-state index in [1.165, 1.54) is 6.92 Å². The van der Waals surface area contributed by atoms with E-state index in [1.54, 1.807) is 24.1 Å². The van der Waals surface area contributed by atoms with Crippen LogP contribution in [0.15, 0.2) is 12.4 Å². The maximum atomic E-state index is 12.0. The average molecular weight is 221 g/mol. The largest absolute Gasteiger partial charge is 0.390 e. The molecule has 3 nitrogen and oxygen atoms in total. The highest BCUT2D eigenvalue weighted by Crippen LogP contribution is 2.21. The highest BCUT2D eigenvalue weighted by atomic mass is 19.4. The summed E-state index contributed by atoms with van der Waals surface area (Å²) in [6.07, 6.45) is -1.52. The maximum Gasteiger partial charge on any atom is 0.390 e. The molecule has 0 aromatic carbocycles. The summed E-state index contributed by atoms with van der Waals surface area (Å²) >= 11 is 0. The molecule has 1 unspecified atom stereocenters. The van der Waals surface area contributed by atoms with Crippen molar-refractivity contribution in [2.45, 2.75) is 32.1 Å². The topological polar surface area (TPSA) is 29.9 Å². The zero-order valence-electron chi connectivity index (χ0n) is 8.67. The fraction of sp³-hybridized carbons (Fsp3) is 0.667. The normalized spacial score (nSPS) is 14.2. The Hall–Kier alpha value is -1.04. The Bertz CT molecular complexity index is 306. The number of rotatable bonds is 4. The lowest BCUT2D eigenvalue weighted by atomic mass is 10.2. The van der Waals surface area contributed by atoms with Gasteiger partial charge in [0.2, 0.25) is 0 Å². The molecule has 15 heavy (non-hydrogen) atoms. The molecule has 0 spiro atoms. The van der Waals surface area contributed by atoms with Gasteiger partial charge in [-0.2, -0.15) is 18.3 Å². The molecule has 1 heterocycles. The summed E-state index contributed by atoms with van der Waals surface area (Å²) in [6, 6.07) is -0.579. The summed E-state index contributed by atoms with van der Waals surface area (Å²) in [4.78, 5) is 0. The molecule has 0 amide bonds. The number of nitrogens with zero attached hydrogens (tertiary/aromatic N) is 2. The van der Waals surface area contributed by atoms with Crippen molar-refractivity contribution in [3.05, 3.63) is 18.0 Å². The van der Waals surface area contributed by atoms with Crippen LogP contribution in [0.3, 0.4) is 0 Å². The van der Waals surface area contributed by atoms with Crippen molar-refractivity contribution in [1.29, 1.82) is 0 Å². The van der Waals surface area contributed by atoms with E-state index in [4.69, 9.17) is 0 Å². The number of halogens is 3. The Kier molecular flexibility index (Phi) is 3.73. The van der Waals surface area contributed by atoms with Crippen molar-refractivity contribution in [1.82, 2.24) is 15.1 Å². The number of aryl methyl sites for hydroxylation is 1. The van der Waals surface area contributed by atoms with Gasteiger partial charge >= 0.3 is 6.18 Å². The Balaban J connectivity index is 2.31. The van der Waals surface area contributed by atoms with Crippen molar-refractivity contribution in [3.8, 4) is 0 Å². The molecule has 0 fully saturated rings. The minimum atomic E-state index is -4.11. The third kappa shape index (κ3) is 4.83. The average Bonchev–Trinajstić information content (AvgIpc) is 2.45. The predicted octanol–water partition coefficient (Wildman–Crippen LogP) is 1.85. The van der Waals surface area contributed by atoms with Gasteiger partial charge in [-0.25, -0.2) is 0 Å². The lowest BCUT2D eigenvalue weighted by molar-refractivity contribution is -0.139. The van der Waals surface area contributed by atoms with Gasteiger partial charge in [0, 0.05) is 31.4 Å². The fourth-order valence-electron chi connectivity index (χ4n) is 1.27. The summed E-state index contributed by atoms with van der Waals surface area (Å²) in [7, 11) is 1.77. The Morgan fingerprint density at radius 3 is 2.67 bits per heavy atom. The number of nitrogens with one attached hydrogen (secondary N) is 1. The van der Waals surface area contributed by atoms with E-state index < -0.39 is 18.6 Å². The van der Waals surface area contributed by atoms with Gasteiger partial charge in [0.1, 0.15) is 0 Å². The van der Waals surface area contributed by atoms with Gasteiger partial charge in [-0.1, -0.05) is 0 Å². The van der Waals surface area contributed by atoms with Crippen molar-refractivity contribution in [2.24, 2.45) is 7.05 Å². The zero-order chi connectivity index (χ0) is 11.5. The van der Waals surface area contributed by atoms with Gasteiger partial charge in [-0.05, 0) is 6.92 Å². The molecule has 0 bridgehead atoms. The van der Waals surface area contributed by atoms with Crippen LogP contribution in [-0.4, -0.2) is 22.0 Å². The molecule has 0 aliphatic carbocycles. The predicted molar refractivity (Wildman–Crippen MR) is 50.2 cm³/mol. The van der Waals surface area contributed by atoms with E-state index in [0.29, 0.717) is 6.54 Å². The van der Waals surface area contributed by atoms with Gasteiger partial charge < -0.3 is 5.32 Å². The minimum absolute atomic E-state index is 0.408. The summed E-state index contributed by atoms with van der Waals surface area (Å²) in [5.41, 5.74) is 0.881. The van der Waals surface area contributed by atoms with Crippen LogP contribution in [0.1, 0.15) is 18.9 Å². The lowest BCUT2D eigenvalue weighted by Crippen LogP contribution is -2.30. The van der Waals surface area contributed by atoms with E-state index in [9.17, 15) is 13.2 Å². The summed E-state index contributed by atoms with van der Waals surface area (Å²) in [5.74, 6) is 0. The smallest absolute Gasteiger partial charge is 0.310 e. The van der Waals surface area contributed by atoms with Crippen molar-refractivity contribution in [2.75, 3.05) is 0 Å². The van der Waals surface area contributed by atoms with Gasteiger partial charge in [-0.3, -0.25) is 4.68 Å². The molecule has 0 saturated carbocycles. The van der Waals surface area contributed by atoms with E-state index in [1.807, 2.05) is 0 Å². The van der Waals surface area contributed by atoms with E-state index in [0.717, 1.165) is 5.56 Å². The van der Waals surface area contributed by atoms with Crippen LogP contribution >= 0.6 is 0 Å². The van der Waals surface area contributed by atoms with Crippen LogP contribution in [-0.2, 0) is 13.6 Å². The van der Waals surface area contributed by atoms with Crippen molar-refractivity contribution < 1.29 is 13.2 Å².